The summed E-state index contributed by atoms with van der Waals surface area (Å²) in [4.78, 5) is 19.0. The van der Waals surface area contributed by atoms with Crippen molar-refractivity contribution in [2.75, 3.05) is 5.32 Å². The second kappa shape index (κ2) is 11.0. The molecule has 0 aliphatic heterocycles. The number of aromatic nitrogens is 1. The number of fused-ring (bicyclic) bond motifs is 1. The average molecular weight is 580 g/mol. The fourth-order valence-electron chi connectivity index (χ4n) is 4.95. The van der Waals surface area contributed by atoms with Crippen LogP contribution in [0.4, 0.5) is 5.69 Å². The van der Waals surface area contributed by atoms with Gasteiger partial charge in [-0.05, 0) is 105 Å². The van der Waals surface area contributed by atoms with Gasteiger partial charge in [0.05, 0.1) is 16.8 Å². The molecule has 1 N–H and O–H groups in total. The van der Waals surface area contributed by atoms with E-state index in [-0.39, 0.29) is 5.91 Å². The first-order valence-corrected chi connectivity index (χ1v) is 13.8. The van der Waals surface area contributed by atoms with E-state index in [0.29, 0.717) is 12.2 Å². The lowest BCUT2D eigenvalue weighted by Gasteiger charge is -2.18. The Labute approximate surface area is 238 Å². The van der Waals surface area contributed by atoms with E-state index in [2.05, 4.69) is 33.4 Å². The van der Waals surface area contributed by atoms with Gasteiger partial charge in [0.15, 0.2) is 0 Å². The quantitative estimate of drug-likeness (QED) is 0.218. The molecule has 0 aliphatic carbocycles. The molecule has 196 valence electrons. The van der Waals surface area contributed by atoms with Gasteiger partial charge < -0.3 is 10.1 Å². The Balaban J connectivity index is 1.55. The summed E-state index contributed by atoms with van der Waals surface area (Å²) in [5, 5.41) is 4.04. The van der Waals surface area contributed by atoms with Gasteiger partial charge in [-0.15, -0.1) is 0 Å². The van der Waals surface area contributed by atoms with Crippen LogP contribution in [0.3, 0.4) is 0 Å². The van der Waals surface area contributed by atoms with Crippen LogP contribution in [0.25, 0.3) is 22.2 Å². The van der Waals surface area contributed by atoms with Gasteiger partial charge in [-0.2, -0.15) is 0 Å². The van der Waals surface area contributed by atoms with Crippen LogP contribution in [0.1, 0.15) is 43.7 Å². The van der Waals surface area contributed by atoms with Crippen molar-refractivity contribution in [3.63, 3.8) is 0 Å². The molecule has 4 aromatic carbocycles. The fraction of sp³-hybridized carbons (Fsp3) is 0.176. The number of amides is 1. The highest BCUT2D eigenvalue weighted by molar-refractivity contribution is 9.10. The largest absolute Gasteiger partial charge is 0.489 e. The summed E-state index contributed by atoms with van der Waals surface area (Å²) in [6.07, 6.45) is 0. The van der Waals surface area contributed by atoms with E-state index in [1.807, 2.05) is 101 Å². The molecule has 4 nitrogen and oxygen atoms in total. The summed E-state index contributed by atoms with van der Waals surface area (Å²) in [5.41, 5.74) is 10.2. The molecule has 1 heterocycles. The lowest BCUT2D eigenvalue weighted by molar-refractivity contribution is 0.102. The number of halogens is 1. The minimum absolute atomic E-state index is 0.140. The second-order valence-electron chi connectivity index (χ2n) is 10.0. The Morgan fingerprint density at radius 1 is 0.846 bits per heavy atom. The number of nitrogens with zero attached hydrogens (tertiary/aromatic N) is 1. The number of anilines is 1. The highest BCUT2D eigenvalue weighted by Gasteiger charge is 2.21. The van der Waals surface area contributed by atoms with Crippen LogP contribution in [-0.4, -0.2) is 10.9 Å². The summed E-state index contributed by atoms with van der Waals surface area (Å²) in [5.74, 6) is 0.644. The number of hydrogen-bond donors (Lipinski definition) is 1. The molecular weight excluding hydrogens is 548 g/mol. The number of rotatable bonds is 6. The molecule has 1 amide bonds. The monoisotopic (exact) mass is 578 g/mol. The standard InChI is InChI=1S/C34H31BrN2O2/c1-20-17-21(2)32-28(18-20)31(34(38)36-30-16-15-29(35)22(3)23(30)4)24(5)33(37-32)26-11-13-27(14-12-26)39-19-25-9-7-6-8-10-25/h6-18H,19H2,1-5H3,(H,36,38). The van der Waals surface area contributed by atoms with Gasteiger partial charge in [-0.1, -0.05) is 57.9 Å². The first kappa shape index (κ1) is 26.6. The van der Waals surface area contributed by atoms with Crippen molar-refractivity contribution < 1.29 is 9.53 Å². The van der Waals surface area contributed by atoms with Crippen LogP contribution in [0.5, 0.6) is 5.75 Å². The van der Waals surface area contributed by atoms with E-state index in [1.54, 1.807) is 0 Å². The predicted molar refractivity (Wildman–Crippen MR) is 164 cm³/mol. The Bertz CT molecular complexity index is 1690. The van der Waals surface area contributed by atoms with Crippen molar-refractivity contribution in [2.45, 2.75) is 41.2 Å². The van der Waals surface area contributed by atoms with Crippen molar-refractivity contribution in [2.24, 2.45) is 0 Å². The van der Waals surface area contributed by atoms with E-state index in [1.165, 1.54) is 0 Å². The van der Waals surface area contributed by atoms with Crippen LogP contribution < -0.4 is 10.1 Å². The zero-order chi connectivity index (χ0) is 27.7. The topological polar surface area (TPSA) is 51.2 Å². The van der Waals surface area contributed by atoms with Gasteiger partial charge in [0.1, 0.15) is 12.4 Å². The summed E-state index contributed by atoms with van der Waals surface area (Å²) in [7, 11) is 0. The summed E-state index contributed by atoms with van der Waals surface area (Å²) >= 11 is 3.58. The van der Waals surface area contributed by atoms with Gasteiger partial charge in [-0.25, -0.2) is 4.98 Å². The fourth-order valence-corrected chi connectivity index (χ4v) is 5.38. The Kier molecular flexibility index (Phi) is 7.53. The number of ether oxygens (including phenoxy) is 1. The number of aryl methyl sites for hydroxylation is 2. The number of pyridine rings is 1. The third-order valence-corrected chi connectivity index (χ3v) is 8.10. The number of nitrogens with one attached hydrogen (secondary N) is 1. The minimum atomic E-state index is -0.140. The first-order valence-electron chi connectivity index (χ1n) is 13.0. The van der Waals surface area contributed by atoms with E-state index in [4.69, 9.17) is 9.72 Å². The van der Waals surface area contributed by atoms with Gasteiger partial charge >= 0.3 is 0 Å². The van der Waals surface area contributed by atoms with Crippen LogP contribution in [0, 0.1) is 34.6 Å². The van der Waals surface area contributed by atoms with Crippen LogP contribution in [-0.2, 0) is 6.61 Å². The molecule has 5 rings (SSSR count). The molecule has 0 saturated heterocycles. The van der Waals surface area contributed by atoms with Gasteiger partial charge in [0, 0.05) is 21.1 Å². The average Bonchev–Trinajstić information content (AvgIpc) is 2.93. The van der Waals surface area contributed by atoms with E-state index >= 15 is 0 Å². The van der Waals surface area contributed by atoms with E-state index in [9.17, 15) is 4.79 Å². The molecule has 1 aromatic heterocycles. The molecule has 5 heteroatoms. The summed E-state index contributed by atoms with van der Waals surface area (Å²) in [6, 6.07) is 26.1. The molecule has 5 aromatic rings. The maximum absolute atomic E-state index is 13.9. The Morgan fingerprint density at radius 3 is 2.28 bits per heavy atom. The minimum Gasteiger partial charge on any atom is -0.489 e. The third kappa shape index (κ3) is 5.45. The number of carbonyl (C=O) groups is 1. The molecule has 0 atom stereocenters. The van der Waals surface area contributed by atoms with Crippen molar-refractivity contribution in [1.82, 2.24) is 4.98 Å². The molecule has 0 spiro atoms. The van der Waals surface area contributed by atoms with Crippen LogP contribution in [0.15, 0.2) is 83.3 Å². The van der Waals surface area contributed by atoms with E-state index in [0.717, 1.165) is 71.5 Å². The van der Waals surface area contributed by atoms with Crippen molar-refractivity contribution in [1.29, 1.82) is 0 Å². The van der Waals surface area contributed by atoms with Crippen LogP contribution in [0.2, 0.25) is 0 Å². The lowest BCUT2D eigenvalue weighted by Crippen LogP contribution is -2.16. The smallest absolute Gasteiger partial charge is 0.256 e. The SMILES string of the molecule is Cc1cc(C)c2nc(-c3ccc(OCc4ccccc4)cc3)c(C)c(C(=O)Nc3ccc(Br)c(C)c3C)c2c1. The predicted octanol–water partition coefficient (Wildman–Crippen LogP) is 9.04. The molecule has 0 aliphatic rings. The zero-order valence-electron chi connectivity index (χ0n) is 22.9. The molecule has 0 fully saturated rings. The maximum atomic E-state index is 13.9. The van der Waals surface area contributed by atoms with Crippen molar-refractivity contribution in [3.8, 4) is 17.0 Å². The van der Waals surface area contributed by atoms with Crippen molar-refractivity contribution >= 4 is 38.4 Å². The highest BCUT2D eigenvalue weighted by Crippen LogP contribution is 2.34. The van der Waals surface area contributed by atoms with Gasteiger partial charge in [0.25, 0.3) is 5.91 Å². The Hall–Kier alpha value is -3.96. The molecule has 39 heavy (non-hydrogen) atoms. The number of carbonyl (C=O) groups excluding carboxylic acids is 1. The molecule has 0 radical (unpaired) electrons. The summed E-state index contributed by atoms with van der Waals surface area (Å²) in [6.45, 7) is 10.6. The zero-order valence-corrected chi connectivity index (χ0v) is 24.4. The van der Waals surface area contributed by atoms with Crippen molar-refractivity contribution in [3.05, 3.63) is 122 Å². The molecule has 0 saturated carbocycles. The third-order valence-electron chi connectivity index (χ3n) is 7.24. The second-order valence-corrected chi connectivity index (χ2v) is 10.9. The molecule has 0 bridgehead atoms. The van der Waals surface area contributed by atoms with Gasteiger partial charge in [-0.3, -0.25) is 4.79 Å². The van der Waals surface area contributed by atoms with Crippen LogP contribution >= 0.6 is 15.9 Å². The summed E-state index contributed by atoms with van der Waals surface area (Å²) < 4.78 is 7.01. The highest BCUT2D eigenvalue weighted by atomic mass is 79.9. The first-order chi connectivity index (χ1) is 18.7. The number of benzene rings is 4. The van der Waals surface area contributed by atoms with Gasteiger partial charge in [0.2, 0.25) is 0 Å². The van der Waals surface area contributed by atoms with E-state index < -0.39 is 0 Å². The maximum Gasteiger partial charge on any atom is 0.256 e. The lowest BCUT2D eigenvalue weighted by atomic mass is 9.94. The molecular formula is C34H31BrN2O2. The molecule has 0 unspecified atom stereocenters. The normalized spacial score (nSPS) is 11.0. The Morgan fingerprint density at radius 2 is 1.56 bits per heavy atom. The number of hydrogen-bond acceptors (Lipinski definition) is 3.